The van der Waals surface area contributed by atoms with Crippen molar-refractivity contribution in [2.45, 2.75) is 32.0 Å². The zero-order chi connectivity index (χ0) is 21.9. The number of ether oxygens (including phenoxy) is 1. The fraction of sp³-hybridized carbons (Fsp3) is 0.417. The lowest BCUT2D eigenvalue weighted by Gasteiger charge is -2.49. The maximum absolute atomic E-state index is 13.0. The number of nitrogens with one attached hydrogen (secondary N) is 1. The van der Waals surface area contributed by atoms with Gasteiger partial charge in [0.1, 0.15) is 11.4 Å². The van der Waals surface area contributed by atoms with E-state index in [9.17, 15) is 4.79 Å². The predicted molar refractivity (Wildman–Crippen MR) is 120 cm³/mol. The van der Waals surface area contributed by atoms with Gasteiger partial charge in [-0.2, -0.15) is 0 Å². The molecule has 4 atom stereocenters. The Hall–Kier alpha value is -3.26. The van der Waals surface area contributed by atoms with E-state index in [4.69, 9.17) is 4.74 Å². The molecule has 3 saturated heterocycles. The number of benzene rings is 1. The van der Waals surface area contributed by atoms with Gasteiger partial charge < -0.3 is 10.1 Å². The lowest BCUT2D eigenvalue weighted by atomic mass is 9.75. The number of rotatable bonds is 7. The zero-order valence-corrected chi connectivity index (χ0v) is 18.2. The first-order valence-electron chi connectivity index (χ1n) is 11.2. The van der Waals surface area contributed by atoms with Crippen molar-refractivity contribution in [3.63, 3.8) is 0 Å². The predicted octanol–water partition coefficient (Wildman–Crippen LogP) is 2.38. The van der Waals surface area contributed by atoms with Crippen LogP contribution in [0.3, 0.4) is 0 Å². The Bertz CT molecular complexity index is 1070. The van der Waals surface area contributed by atoms with Crippen molar-refractivity contribution < 1.29 is 9.53 Å². The third-order valence-electron chi connectivity index (χ3n) is 6.72. The van der Waals surface area contributed by atoms with Crippen molar-refractivity contribution in [3.05, 3.63) is 60.4 Å². The van der Waals surface area contributed by atoms with Crippen molar-refractivity contribution in [2.75, 3.05) is 20.2 Å². The number of carbonyl (C=O) groups is 1. The smallest absolute Gasteiger partial charge is 0.224 e. The van der Waals surface area contributed by atoms with Crippen LogP contribution in [-0.2, 0) is 17.9 Å². The topological polar surface area (TPSA) is 85.2 Å². The Balaban J connectivity index is 1.19. The van der Waals surface area contributed by atoms with Gasteiger partial charge in [-0.3, -0.25) is 19.4 Å². The van der Waals surface area contributed by atoms with E-state index in [-0.39, 0.29) is 11.8 Å². The molecule has 1 N–H and O–H groups in total. The minimum absolute atomic E-state index is 0.0366. The van der Waals surface area contributed by atoms with Crippen LogP contribution in [0, 0.1) is 11.8 Å². The Labute approximate surface area is 187 Å². The van der Waals surface area contributed by atoms with Gasteiger partial charge in [-0.15, -0.1) is 5.10 Å². The Morgan fingerprint density at radius 3 is 2.84 bits per heavy atom. The molecule has 2 bridgehead atoms. The minimum atomic E-state index is 0.0366. The molecular formula is C24H28N6O2. The second-order valence-corrected chi connectivity index (χ2v) is 8.61. The molecular weight excluding hydrogens is 404 g/mol. The molecule has 1 amide bonds. The summed E-state index contributed by atoms with van der Waals surface area (Å²) in [6.07, 6.45) is 5.80. The van der Waals surface area contributed by atoms with Crippen LogP contribution in [0.5, 0.6) is 5.75 Å². The molecule has 6 rings (SSSR count). The fourth-order valence-corrected chi connectivity index (χ4v) is 5.02. The molecule has 1 unspecified atom stereocenters. The van der Waals surface area contributed by atoms with Crippen molar-refractivity contribution in [2.24, 2.45) is 11.8 Å². The normalized spacial score (nSPS) is 24.3. The summed E-state index contributed by atoms with van der Waals surface area (Å²) in [4.78, 5) is 19.8. The number of methoxy groups -OCH3 is 1. The average Bonchev–Trinajstić information content (AvgIpc) is 3.32. The van der Waals surface area contributed by atoms with Crippen molar-refractivity contribution in [1.82, 2.24) is 30.2 Å². The Kier molecular flexibility index (Phi) is 5.85. The summed E-state index contributed by atoms with van der Waals surface area (Å²) in [6, 6.07) is 14.0. The highest BCUT2D eigenvalue weighted by atomic mass is 16.5. The van der Waals surface area contributed by atoms with Crippen LogP contribution in [-0.4, -0.2) is 57.0 Å². The van der Waals surface area contributed by atoms with Crippen LogP contribution in [0.1, 0.15) is 18.4 Å². The molecule has 32 heavy (non-hydrogen) atoms. The van der Waals surface area contributed by atoms with E-state index >= 15 is 0 Å². The number of para-hydroxylation sites is 1. The monoisotopic (exact) mass is 432 g/mol. The third-order valence-corrected chi connectivity index (χ3v) is 6.72. The summed E-state index contributed by atoms with van der Waals surface area (Å²) in [7, 11) is 1.66. The average molecular weight is 433 g/mol. The Morgan fingerprint density at radius 2 is 2.06 bits per heavy atom. The standard InChI is InChI=1S/C24H28N6O2/c1-32-23-8-3-2-6-18(23)13-26-24(31)20-15-29-11-9-17(20)12-19(29)14-30-16-22(27-28-30)21-7-4-5-10-25-21/h2-8,10,16-17,19-20H,9,11-15H2,1H3,(H,26,31)/t17-,19-,20-/m1/s1. The largest absolute Gasteiger partial charge is 0.496 e. The van der Waals surface area contributed by atoms with Gasteiger partial charge in [0.25, 0.3) is 0 Å². The van der Waals surface area contributed by atoms with E-state index < -0.39 is 0 Å². The van der Waals surface area contributed by atoms with Gasteiger partial charge in [0.05, 0.1) is 31.5 Å². The van der Waals surface area contributed by atoms with Gasteiger partial charge in [0.2, 0.25) is 5.91 Å². The number of carbonyl (C=O) groups excluding carboxylic acids is 1. The van der Waals surface area contributed by atoms with Crippen LogP contribution in [0.4, 0.5) is 0 Å². The lowest BCUT2D eigenvalue weighted by Crippen LogP contribution is -2.58. The molecule has 166 valence electrons. The number of fused-ring (bicyclic) bond motifs is 3. The zero-order valence-electron chi connectivity index (χ0n) is 18.2. The van der Waals surface area contributed by atoms with Crippen LogP contribution >= 0.6 is 0 Å². The molecule has 3 aliphatic heterocycles. The maximum Gasteiger partial charge on any atom is 0.224 e. The minimum Gasteiger partial charge on any atom is -0.496 e. The molecule has 3 aliphatic rings. The highest BCUT2D eigenvalue weighted by Crippen LogP contribution is 2.37. The fourth-order valence-electron chi connectivity index (χ4n) is 5.02. The van der Waals surface area contributed by atoms with E-state index in [1.165, 1.54) is 0 Å². The SMILES string of the molecule is COc1ccccc1CNC(=O)[C@@H]1CN2CC[C@@H]1C[C@@H]2Cn1cc(-c2ccccn2)nn1. The molecule has 3 fully saturated rings. The second-order valence-electron chi connectivity index (χ2n) is 8.61. The first-order chi connectivity index (χ1) is 15.7. The summed E-state index contributed by atoms with van der Waals surface area (Å²) in [5.74, 6) is 1.39. The number of hydrogen-bond donors (Lipinski definition) is 1. The van der Waals surface area contributed by atoms with Gasteiger partial charge in [-0.1, -0.05) is 29.5 Å². The highest BCUT2D eigenvalue weighted by molar-refractivity contribution is 5.79. The Morgan fingerprint density at radius 1 is 1.19 bits per heavy atom. The number of nitrogens with zero attached hydrogens (tertiary/aromatic N) is 5. The van der Waals surface area contributed by atoms with Gasteiger partial charge in [-0.05, 0) is 43.5 Å². The number of aromatic nitrogens is 4. The molecule has 3 aromatic rings. The molecule has 0 aliphatic carbocycles. The van der Waals surface area contributed by atoms with Crippen LogP contribution < -0.4 is 10.1 Å². The number of pyridine rings is 1. The molecule has 2 aromatic heterocycles. The number of amides is 1. The van der Waals surface area contributed by atoms with Gasteiger partial charge >= 0.3 is 0 Å². The maximum atomic E-state index is 13.0. The summed E-state index contributed by atoms with van der Waals surface area (Å²) in [5, 5.41) is 11.7. The first-order valence-corrected chi connectivity index (χ1v) is 11.2. The molecule has 8 heteroatoms. The van der Waals surface area contributed by atoms with E-state index in [2.05, 4.69) is 25.5 Å². The molecule has 5 heterocycles. The number of piperidine rings is 3. The van der Waals surface area contributed by atoms with Gasteiger partial charge in [-0.25, -0.2) is 0 Å². The van der Waals surface area contributed by atoms with E-state index in [0.717, 1.165) is 55.2 Å². The van der Waals surface area contributed by atoms with E-state index in [1.54, 1.807) is 13.3 Å². The second kappa shape index (κ2) is 9.08. The van der Waals surface area contributed by atoms with Crippen molar-refractivity contribution >= 4 is 5.91 Å². The molecule has 0 saturated carbocycles. The van der Waals surface area contributed by atoms with Crippen LogP contribution in [0.25, 0.3) is 11.4 Å². The van der Waals surface area contributed by atoms with Crippen molar-refractivity contribution in [3.8, 4) is 17.1 Å². The van der Waals surface area contributed by atoms with Crippen molar-refractivity contribution in [1.29, 1.82) is 0 Å². The third kappa shape index (κ3) is 4.23. The summed E-state index contributed by atoms with van der Waals surface area (Å²) >= 11 is 0. The summed E-state index contributed by atoms with van der Waals surface area (Å²) in [5.41, 5.74) is 2.61. The summed E-state index contributed by atoms with van der Waals surface area (Å²) in [6.45, 7) is 3.11. The van der Waals surface area contributed by atoms with Crippen LogP contribution in [0.15, 0.2) is 54.9 Å². The molecule has 0 spiro atoms. The lowest BCUT2D eigenvalue weighted by molar-refractivity contribution is -0.133. The summed E-state index contributed by atoms with van der Waals surface area (Å²) < 4.78 is 7.31. The molecule has 0 radical (unpaired) electrons. The van der Waals surface area contributed by atoms with Gasteiger partial charge in [0.15, 0.2) is 0 Å². The highest BCUT2D eigenvalue weighted by Gasteiger charge is 2.43. The molecule has 8 nitrogen and oxygen atoms in total. The molecule has 1 aromatic carbocycles. The first kappa shape index (κ1) is 20.6. The van der Waals surface area contributed by atoms with E-state index in [0.29, 0.717) is 18.5 Å². The quantitative estimate of drug-likeness (QED) is 0.617. The van der Waals surface area contributed by atoms with Gasteiger partial charge in [0, 0.05) is 30.9 Å². The van der Waals surface area contributed by atoms with Crippen LogP contribution in [0.2, 0.25) is 0 Å². The van der Waals surface area contributed by atoms with E-state index in [1.807, 2.05) is 53.3 Å². The number of hydrogen-bond acceptors (Lipinski definition) is 6.